The number of rotatable bonds is 9. The fraction of sp³-hybridized carbons (Fsp3) is 0.533. The Balaban J connectivity index is 2.45. The molecular formula is C15H22O4. The molecule has 4 heteroatoms. The van der Waals surface area contributed by atoms with Crippen LogP contribution in [-0.4, -0.2) is 31.9 Å². The molecule has 0 atom stereocenters. The molecule has 0 fully saturated rings. The van der Waals surface area contributed by atoms with Gasteiger partial charge in [-0.1, -0.05) is 12.1 Å². The van der Waals surface area contributed by atoms with Crippen LogP contribution in [-0.2, 0) is 20.7 Å². The summed E-state index contributed by atoms with van der Waals surface area (Å²) in [6.07, 6.45) is 0.118. The first-order chi connectivity index (χ1) is 9.15. The fourth-order valence-electron chi connectivity index (χ4n) is 1.67. The highest BCUT2D eigenvalue weighted by Gasteiger charge is 2.08. The maximum absolute atomic E-state index is 11.0. The zero-order valence-electron chi connectivity index (χ0n) is 11.8. The molecule has 0 aromatic heterocycles. The molecule has 0 saturated heterocycles. The fourth-order valence-corrected chi connectivity index (χ4v) is 1.67. The lowest BCUT2D eigenvalue weighted by Gasteiger charge is -2.17. The van der Waals surface area contributed by atoms with Gasteiger partial charge in [0.05, 0.1) is 0 Å². The van der Waals surface area contributed by atoms with E-state index in [1.54, 1.807) is 6.92 Å². The van der Waals surface area contributed by atoms with Gasteiger partial charge in [-0.05, 0) is 38.5 Å². The molecule has 0 aliphatic rings. The predicted octanol–water partition coefficient (Wildman–Crippen LogP) is 2.60. The van der Waals surface area contributed by atoms with Crippen LogP contribution >= 0.6 is 0 Å². The summed E-state index contributed by atoms with van der Waals surface area (Å²) in [5.74, 6) is 0.901. The molecule has 1 rings (SSSR count). The summed E-state index contributed by atoms with van der Waals surface area (Å²) in [5.41, 5.74) is 0.992. The number of hydrogen-bond acceptors (Lipinski definition) is 4. The van der Waals surface area contributed by atoms with Gasteiger partial charge in [-0.15, -0.1) is 0 Å². The lowest BCUT2D eigenvalue weighted by molar-refractivity contribution is -0.152. The van der Waals surface area contributed by atoms with Crippen molar-refractivity contribution in [2.24, 2.45) is 0 Å². The monoisotopic (exact) mass is 266 g/mol. The van der Waals surface area contributed by atoms with Gasteiger partial charge in [-0.2, -0.15) is 0 Å². The molecule has 0 amide bonds. The van der Waals surface area contributed by atoms with E-state index in [0.717, 1.165) is 11.3 Å². The third-order valence-electron chi connectivity index (χ3n) is 2.47. The topological polar surface area (TPSA) is 44.8 Å². The molecular weight excluding hydrogens is 244 g/mol. The van der Waals surface area contributed by atoms with E-state index in [4.69, 9.17) is 14.2 Å². The average molecular weight is 266 g/mol. The van der Waals surface area contributed by atoms with Gasteiger partial charge in [0.1, 0.15) is 18.1 Å². The number of hydrogen-bond donors (Lipinski definition) is 0. The Morgan fingerprint density at radius 2 is 1.68 bits per heavy atom. The third kappa shape index (κ3) is 6.36. The molecule has 0 spiro atoms. The number of ketones is 1. The highest BCUT2D eigenvalue weighted by atomic mass is 16.7. The van der Waals surface area contributed by atoms with Crippen molar-refractivity contribution in [3.63, 3.8) is 0 Å². The molecule has 0 N–H and O–H groups in total. The molecule has 0 aliphatic carbocycles. The first-order valence-corrected chi connectivity index (χ1v) is 6.60. The molecule has 0 heterocycles. The Labute approximate surface area is 114 Å². The summed E-state index contributed by atoms with van der Waals surface area (Å²) in [4.78, 5) is 11.0. The third-order valence-corrected chi connectivity index (χ3v) is 2.47. The number of ether oxygens (including phenoxy) is 3. The first-order valence-electron chi connectivity index (χ1n) is 6.60. The van der Waals surface area contributed by atoms with Crippen LogP contribution in [0.25, 0.3) is 0 Å². The van der Waals surface area contributed by atoms with Gasteiger partial charge in [0.2, 0.25) is 0 Å². The van der Waals surface area contributed by atoms with E-state index in [0.29, 0.717) is 26.2 Å². The summed E-state index contributed by atoms with van der Waals surface area (Å²) in [7, 11) is 0. The van der Waals surface area contributed by atoms with Crippen molar-refractivity contribution < 1.29 is 19.0 Å². The van der Waals surface area contributed by atoms with E-state index < -0.39 is 0 Å². The number of Topliss-reactive ketones (excluding diaryl/α,β-unsaturated/α-hetero) is 1. The summed E-state index contributed by atoms with van der Waals surface area (Å²) in [6, 6.07) is 7.50. The maximum atomic E-state index is 11.0. The number of benzene rings is 1. The van der Waals surface area contributed by atoms with Crippen molar-refractivity contribution in [2.45, 2.75) is 33.5 Å². The van der Waals surface area contributed by atoms with Crippen LogP contribution in [0.15, 0.2) is 24.3 Å². The molecule has 0 bridgehead atoms. The molecule has 1 aromatic carbocycles. The molecule has 106 valence electrons. The Bertz CT molecular complexity index is 366. The van der Waals surface area contributed by atoms with E-state index in [-0.39, 0.29) is 12.1 Å². The Hall–Kier alpha value is -1.39. The van der Waals surface area contributed by atoms with Gasteiger partial charge in [-0.3, -0.25) is 4.79 Å². The maximum Gasteiger partial charge on any atom is 0.191 e. The predicted molar refractivity (Wildman–Crippen MR) is 73.4 cm³/mol. The molecule has 0 unspecified atom stereocenters. The van der Waals surface area contributed by atoms with E-state index in [1.165, 1.54) is 0 Å². The largest absolute Gasteiger partial charge is 0.488 e. The molecule has 0 saturated carbocycles. The van der Waals surface area contributed by atoms with E-state index in [1.807, 2.05) is 38.1 Å². The number of carbonyl (C=O) groups is 1. The van der Waals surface area contributed by atoms with Gasteiger partial charge in [-0.25, -0.2) is 0 Å². The van der Waals surface area contributed by atoms with Gasteiger partial charge in [0.25, 0.3) is 0 Å². The van der Waals surface area contributed by atoms with Gasteiger partial charge >= 0.3 is 0 Å². The van der Waals surface area contributed by atoms with Gasteiger partial charge < -0.3 is 14.2 Å². The number of carbonyl (C=O) groups excluding carboxylic acids is 1. The van der Waals surface area contributed by atoms with E-state index in [2.05, 4.69) is 0 Å². The minimum Gasteiger partial charge on any atom is -0.488 e. The van der Waals surface area contributed by atoms with Crippen LogP contribution in [0.2, 0.25) is 0 Å². The van der Waals surface area contributed by atoms with E-state index >= 15 is 0 Å². The van der Waals surface area contributed by atoms with Crippen molar-refractivity contribution in [1.82, 2.24) is 0 Å². The molecule has 19 heavy (non-hydrogen) atoms. The Morgan fingerprint density at radius 1 is 1.11 bits per heavy atom. The SMILES string of the molecule is CCOC(COc1ccc(CC(C)=O)cc1)OCC. The van der Waals surface area contributed by atoms with Crippen LogP contribution in [0.1, 0.15) is 26.3 Å². The second kappa shape index (κ2) is 8.67. The minimum absolute atomic E-state index is 0.154. The second-order valence-electron chi connectivity index (χ2n) is 4.17. The van der Waals surface area contributed by atoms with Gasteiger partial charge in [0, 0.05) is 19.6 Å². The second-order valence-corrected chi connectivity index (χ2v) is 4.17. The average Bonchev–Trinajstić information content (AvgIpc) is 2.37. The van der Waals surface area contributed by atoms with Crippen LogP contribution < -0.4 is 4.74 Å². The summed E-state index contributed by atoms with van der Waals surface area (Å²) in [5, 5.41) is 0. The zero-order valence-corrected chi connectivity index (χ0v) is 11.8. The standard InChI is InChI=1S/C15H22O4/c1-4-17-15(18-5-2)11-19-14-8-6-13(7-9-14)10-12(3)16/h6-9,15H,4-5,10-11H2,1-3H3. The summed E-state index contributed by atoms with van der Waals surface area (Å²) >= 11 is 0. The van der Waals surface area contributed by atoms with Crippen LogP contribution in [0.3, 0.4) is 0 Å². The quantitative estimate of drug-likeness (QED) is 0.644. The lowest BCUT2D eigenvalue weighted by atomic mass is 10.1. The lowest BCUT2D eigenvalue weighted by Crippen LogP contribution is -2.25. The van der Waals surface area contributed by atoms with Crippen molar-refractivity contribution in [3.8, 4) is 5.75 Å². The highest BCUT2D eigenvalue weighted by Crippen LogP contribution is 2.13. The Morgan fingerprint density at radius 3 is 2.16 bits per heavy atom. The highest BCUT2D eigenvalue weighted by molar-refractivity contribution is 5.78. The molecule has 0 aliphatic heterocycles. The van der Waals surface area contributed by atoms with Crippen molar-refractivity contribution in [3.05, 3.63) is 29.8 Å². The van der Waals surface area contributed by atoms with Crippen molar-refractivity contribution >= 4 is 5.78 Å². The Kier molecular flexibility index (Phi) is 7.15. The molecule has 4 nitrogen and oxygen atoms in total. The summed E-state index contributed by atoms with van der Waals surface area (Å²) in [6.45, 7) is 6.95. The zero-order chi connectivity index (χ0) is 14.1. The first kappa shape index (κ1) is 15.7. The minimum atomic E-state index is -0.341. The van der Waals surface area contributed by atoms with Crippen LogP contribution in [0.4, 0.5) is 0 Å². The van der Waals surface area contributed by atoms with E-state index in [9.17, 15) is 4.79 Å². The van der Waals surface area contributed by atoms with Crippen LogP contribution in [0, 0.1) is 0 Å². The molecule has 1 aromatic rings. The van der Waals surface area contributed by atoms with Crippen molar-refractivity contribution in [1.29, 1.82) is 0 Å². The van der Waals surface area contributed by atoms with Gasteiger partial charge in [0.15, 0.2) is 6.29 Å². The normalized spacial score (nSPS) is 10.7. The molecule has 0 radical (unpaired) electrons. The van der Waals surface area contributed by atoms with Crippen LogP contribution in [0.5, 0.6) is 5.75 Å². The summed E-state index contributed by atoms with van der Waals surface area (Å²) < 4.78 is 16.4. The van der Waals surface area contributed by atoms with Crippen molar-refractivity contribution in [2.75, 3.05) is 19.8 Å². The smallest absolute Gasteiger partial charge is 0.191 e.